The molecule has 0 aromatic carbocycles. The van der Waals surface area contributed by atoms with Gasteiger partial charge in [-0.2, -0.15) is 0 Å². The van der Waals surface area contributed by atoms with E-state index in [1.165, 1.54) is 37.4 Å². The van der Waals surface area contributed by atoms with Crippen LogP contribution in [0.5, 0.6) is 0 Å². The Bertz CT molecular complexity index is 115. The number of alkyl halides is 1. The molecule has 1 saturated carbocycles. The summed E-state index contributed by atoms with van der Waals surface area (Å²) in [7, 11) is 0. The van der Waals surface area contributed by atoms with Crippen molar-refractivity contribution >= 4 is 15.9 Å². The fourth-order valence-electron chi connectivity index (χ4n) is 1.82. The van der Waals surface area contributed by atoms with Crippen LogP contribution in [-0.4, -0.2) is 18.5 Å². The van der Waals surface area contributed by atoms with Crippen molar-refractivity contribution in [2.75, 3.05) is 18.5 Å². The zero-order valence-electron chi connectivity index (χ0n) is 7.94. The van der Waals surface area contributed by atoms with E-state index in [1.54, 1.807) is 0 Å². The van der Waals surface area contributed by atoms with Crippen molar-refractivity contribution < 1.29 is 4.74 Å². The molecule has 0 spiro atoms. The lowest BCUT2D eigenvalue weighted by Crippen LogP contribution is -2.31. The molecule has 1 aliphatic carbocycles. The highest BCUT2D eigenvalue weighted by Gasteiger charge is 2.34. The highest BCUT2D eigenvalue weighted by atomic mass is 79.9. The van der Waals surface area contributed by atoms with Gasteiger partial charge in [0.2, 0.25) is 0 Å². The number of rotatable bonds is 6. The number of hydrogen-bond donors (Lipinski definition) is 0. The van der Waals surface area contributed by atoms with E-state index in [0.29, 0.717) is 5.41 Å². The minimum atomic E-state index is 0.650. The monoisotopic (exact) mass is 234 g/mol. The maximum absolute atomic E-state index is 5.33. The number of ether oxygens (including phenoxy) is 1. The minimum absolute atomic E-state index is 0.650. The average Bonchev–Trinajstić information content (AvgIpc) is 2.02. The van der Waals surface area contributed by atoms with E-state index in [9.17, 15) is 0 Å². The largest absolute Gasteiger partial charge is 0.382 e. The Hall–Kier alpha value is 0.440. The third-order valence-electron chi connectivity index (χ3n) is 2.90. The molecule has 0 N–H and O–H groups in total. The second-order valence-electron chi connectivity index (χ2n) is 3.79. The average molecular weight is 235 g/mol. The smallest absolute Gasteiger partial charge is 0.0466 e. The Kier molecular flexibility index (Phi) is 4.59. The Morgan fingerprint density at radius 1 is 1.42 bits per heavy atom. The Balaban J connectivity index is 2.04. The van der Waals surface area contributed by atoms with Gasteiger partial charge in [0, 0.05) is 18.5 Å². The van der Waals surface area contributed by atoms with Gasteiger partial charge < -0.3 is 4.74 Å². The second kappa shape index (κ2) is 5.23. The molecule has 1 fully saturated rings. The zero-order valence-corrected chi connectivity index (χ0v) is 9.53. The first-order chi connectivity index (χ1) is 5.83. The molecule has 0 atom stereocenters. The summed E-state index contributed by atoms with van der Waals surface area (Å²) >= 11 is 3.61. The van der Waals surface area contributed by atoms with Crippen LogP contribution in [-0.2, 0) is 4.74 Å². The zero-order chi connectivity index (χ0) is 8.86. The van der Waals surface area contributed by atoms with Crippen LogP contribution in [0.25, 0.3) is 0 Å². The second-order valence-corrected chi connectivity index (χ2v) is 4.35. The van der Waals surface area contributed by atoms with E-state index in [-0.39, 0.29) is 0 Å². The standard InChI is InChI=1S/C10H19BrO/c1-2-12-8-4-7-10(9-11)5-3-6-10/h2-9H2,1H3. The van der Waals surface area contributed by atoms with Gasteiger partial charge in [0.1, 0.15) is 0 Å². The predicted octanol–water partition coefficient (Wildman–Crippen LogP) is 3.37. The van der Waals surface area contributed by atoms with Gasteiger partial charge in [-0.1, -0.05) is 22.4 Å². The van der Waals surface area contributed by atoms with Crippen molar-refractivity contribution in [3.05, 3.63) is 0 Å². The third-order valence-corrected chi connectivity index (χ3v) is 4.09. The number of hydrogen-bond acceptors (Lipinski definition) is 1. The van der Waals surface area contributed by atoms with Gasteiger partial charge in [-0.25, -0.2) is 0 Å². The van der Waals surface area contributed by atoms with E-state index in [1.807, 2.05) is 0 Å². The summed E-state index contributed by atoms with van der Waals surface area (Å²) in [5.41, 5.74) is 0.650. The molecule has 0 saturated heterocycles. The van der Waals surface area contributed by atoms with Crippen molar-refractivity contribution in [1.82, 2.24) is 0 Å². The molecular formula is C10H19BrO. The highest BCUT2D eigenvalue weighted by Crippen LogP contribution is 2.45. The minimum Gasteiger partial charge on any atom is -0.382 e. The molecule has 0 unspecified atom stereocenters. The van der Waals surface area contributed by atoms with Crippen molar-refractivity contribution in [2.24, 2.45) is 5.41 Å². The van der Waals surface area contributed by atoms with Crippen LogP contribution in [0.1, 0.15) is 39.0 Å². The molecule has 0 radical (unpaired) electrons. The van der Waals surface area contributed by atoms with Gasteiger partial charge in [-0.3, -0.25) is 0 Å². The lowest BCUT2D eigenvalue weighted by molar-refractivity contribution is 0.103. The van der Waals surface area contributed by atoms with Crippen LogP contribution in [0.15, 0.2) is 0 Å². The topological polar surface area (TPSA) is 9.23 Å². The fourth-order valence-corrected chi connectivity index (χ4v) is 2.66. The van der Waals surface area contributed by atoms with E-state index in [0.717, 1.165) is 13.2 Å². The van der Waals surface area contributed by atoms with Crippen molar-refractivity contribution in [2.45, 2.75) is 39.0 Å². The summed E-state index contributed by atoms with van der Waals surface area (Å²) in [6.45, 7) is 3.87. The third kappa shape index (κ3) is 2.74. The van der Waals surface area contributed by atoms with Gasteiger partial charge in [-0.15, -0.1) is 0 Å². The normalized spacial score (nSPS) is 20.5. The van der Waals surface area contributed by atoms with Crippen LogP contribution in [0.4, 0.5) is 0 Å². The molecule has 0 bridgehead atoms. The molecule has 72 valence electrons. The molecule has 0 heterocycles. The Morgan fingerprint density at radius 2 is 2.17 bits per heavy atom. The van der Waals surface area contributed by atoms with Crippen molar-refractivity contribution in [1.29, 1.82) is 0 Å². The molecule has 1 rings (SSSR count). The van der Waals surface area contributed by atoms with Gasteiger partial charge in [-0.05, 0) is 38.0 Å². The lowest BCUT2D eigenvalue weighted by Gasteiger charge is -2.40. The summed E-state index contributed by atoms with van der Waals surface area (Å²) < 4.78 is 5.33. The maximum Gasteiger partial charge on any atom is 0.0466 e. The van der Waals surface area contributed by atoms with E-state index < -0.39 is 0 Å². The summed E-state index contributed by atoms with van der Waals surface area (Å²) in [4.78, 5) is 0. The van der Waals surface area contributed by atoms with Crippen LogP contribution in [0.2, 0.25) is 0 Å². The summed E-state index contributed by atoms with van der Waals surface area (Å²) in [5, 5.41) is 1.19. The quantitative estimate of drug-likeness (QED) is 0.506. The van der Waals surface area contributed by atoms with Crippen molar-refractivity contribution in [3.8, 4) is 0 Å². The Morgan fingerprint density at radius 3 is 2.58 bits per heavy atom. The SMILES string of the molecule is CCOCCCC1(CBr)CCC1. The van der Waals surface area contributed by atoms with Crippen LogP contribution < -0.4 is 0 Å². The molecule has 1 aliphatic rings. The molecule has 0 aromatic heterocycles. The lowest BCUT2D eigenvalue weighted by atomic mass is 9.68. The predicted molar refractivity (Wildman–Crippen MR) is 55.8 cm³/mol. The summed E-state index contributed by atoms with van der Waals surface area (Å²) in [6.07, 6.45) is 6.85. The van der Waals surface area contributed by atoms with Gasteiger partial charge in [0.05, 0.1) is 0 Å². The number of halogens is 1. The van der Waals surface area contributed by atoms with Gasteiger partial charge in [0.25, 0.3) is 0 Å². The van der Waals surface area contributed by atoms with Gasteiger partial charge >= 0.3 is 0 Å². The van der Waals surface area contributed by atoms with E-state index in [2.05, 4.69) is 22.9 Å². The Labute approximate surface area is 84.0 Å². The first kappa shape index (κ1) is 10.5. The van der Waals surface area contributed by atoms with E-state index in [4.69, 9.17) is 4.74 Å². The molecule has 0 aromatic rings. The summed E-state index contributed by atoms with van der Waals surface area (Å²) in [6, 6.07) is 0. The van der Waals surface area contributed by atoms with E-state index >= 15 is 0 Å². The van der Waals surface area contributed by atoms with Crippen LogP contribution >= 0.6 is 15.9 Å². The molecular weight excluding hydrogens is 216 g/mol. The van der Waals surface area contributed by atoms with Crippen LogP contribution in [0, 0.1) is 5.41 Å². The maximum atomic E-state index is 5.33. The molecule has 0 aliphatic heterocycles. The van der Waals surface area contributed by atoms with Crippen LogP contribution in [0.3, 0.4) is 0 Å². The first-order valence-electron chi connectivity index (χ1n) is 4.97. The highest BCUT2D eigenvalue weighted by molar-refractivity contribution is 9.09. The molecule has 12 heavy (non-hydrogen) atoms. The van der Waals surface area contributed by atoms with Crippen molar-refractivity contribution in [3.63, 3.8) is 0 Å². The van der Waals surface area contributed by atoms with Gasteiger partial charge in [0.15, 0.2) is 0 Å². The first-order valence-corrected chi connectivity index (χ1v) is 6.09. The molecule has 2 heteroatoms. The molecule has 1 nitrogen and oxygen atoms in total. The molecule has 0 amide bonds. The summed E-state index contributed by atoms with van der Waals surface area (Å²) in [5.74, 6) is 0. The fraction of sp³-hybridized carbons (Fsp3) is 1.00.